The van der Waals surface area contributed by atoms with Gasteiger partial charge in [-0.25, -0.2) is 9.78 Å². The largest absolute Gasteiger partial charge is 0.251 e. The Bertz CT molecular complexity index is 469. The first-order valence-electron chi connectivity index (χ1n) is 10.2. The van der Waals surface area contributed by atoms with Gasteiger partial charge in [0.05, 0.1) is 0 Å². The van der Waals surface area contributed by atoms with E-state index in [4.69, 9.17) is 10.5 Å². The second-order valence-electron chi connectivity index (χ2n) is 5.97. The van der Waals surface area contributed by atoms with Crippen LogP contribution in [0.15, 0.2) is 72.9 Å². The van der Waals surface area contributed by atoms with Crippen LogP contribution >= 0.6 is 0 Å². The zero-order valence-electron chi connectivity index (χ0n) is 18.0. The van der Waals surface area contributed by atoms with Crippen molar-refractivity contribution in [2.24, 2.45) is 0 Å². The predicted molar refractivity (Wildman–Crippen MR) is 120 cm³/mol. The van der Waals surface area contributed by atoms with Crippen molar-refractivity contribution in [3.8, 4) is 0 Å². The van der Waals surface area contributed by atoms with Crippen molar-refractivity contribution >= 4 is 0 Å². The van der Waals surface area contributed by atoms with Gasteiger partial charge < -0.3 is 0 Å². The quantitative estimate of drug-likeness (QED) is 0.139. The van der Waals surface area contributed by atoms with Crippen LogP contribution in [-0.4, -0.2) is 22.7 Å². The van der Waals surface area contributed by atoms with E-state index in [-0.39, 0.29) is 12.2 Å². The number of hydrogen-bond donors (Lipinski definition) is 2. The molecule has 2 N–H and O–H groups in total. The number of hydrogen-bond acceptors (Lipinski definition) is 4. The maximum atomic E-state index is 8.50. The van der Waals surface area contributed by atoms with E-state index in [1.165, 1.54) is 0 Å². The highest BCUT2D eigenvalue weighted by molar-refractivity contribution is 5.06. The second-order valence-corrected chi connectivity index (χ2v) is 5.97. The summed E-state index contributed by atoms with van der Waals surface area (Å²) in [6.45, 7) is 8.09. The summed E-state index contributed by atoms with van der Waals surface area (Å²) in [5.41, 5.74) is 0. The van der Waals surface area contributed by atoms with E-state index in [0.29, 0.717) is 6.42 Å². The third-order valence-electron chi connectivity index (χ3n) is 3.54. The molecule has 0 bridgehead atoms. The molecule has 0 aromatic carbocycles. The Morgan fingerprint density at radius 1 is 0.679 bits per heavy atom. The molecule has 28 heavy (non-hydrogen) atoms. The summed E-state index contributed by atoms with van der Waals surface area (Å²) in [5, 5.41) is 16.9. The van der Waals surface area contributed by atoms with Crippen molar-refractivity contribution in [3.63, 3.8) is 0 Å². The van der Waals surface area contributed by atoms with Crippen molar-refractivity contribution in [2.75, 3.05) is 0 Å². The summed E-state index contributed by atoms with van der Waals surface area (Å²) in [7, 11) is 0. The zero-order valence-corrected chi connectivity index (χ0v) is 18.0. The van der Waals surface area contributed by atoms with Gasteiger partial charge in [0.15, 0.2) is 0 Å². The van der Waals surface area contributed by atoms with Crippen LogP contribution < -0.4 is 0 Å². The maximum Gasteiger partial charge on any atom is 0.114 e. The van der Waals surface area contributed by atoms with Crippen molar-refractivity contribution in [3.05, 3.63) is 72.9 Å². The molecular formula is C24H40O4. The average molecular weight is 393 g/mol. The minimum Gasteiger partial charge on any atom is -0.251 e. The first-order chi connectivity index (χ1) is 13.7. The number of rotatable bonds is 14. The summed E-state index contributed by atoms with van der Waals surface area (Å²) in [4.78, 5) is 8.47. The highest BCUT2D eigenvalue weighted by Gasteiger charge is 1.99. The zero-order chi connectivity index (χ0) is 21.3. The molecule has 4 nitrogen and oxygen atoms in total. The fourth-order valence-corrected chi connectivity index (χ4v) is 1.97. The third kappa shape index (κ3) is 22.3. The SMILES string of the molecule is C/C=C/C(C/C=C\C/C=C\CC)OO.CC/C=C\C/C=C\C=C\C(CC)OO. The topological polar surface area (TPSA) is 58.9 Å². The lowest BCUT2D eigenvalue weighted by molar-refractivity contribution is -0.266. The molecule has 0 rings (SSSR count). The van der Waals surface area contributed by atoms with Gasteiger partial charge in [-0.05, 0) is 45.4 Å². The van der Waals surface area contributed by atoms with Gasteiger partial charge in [-0.1, -0.05) is 93.7 Å². The van der Waals surface area contributed by atoms with Crippen molar-refractivity contribution in [1.82, 2.24) is 0 Å². The third-order valence-corrected chi connectivity index (χ3v) is 3.54. The molecule has 0 spiro atoms. The second kappa shape index (κ2) is 25.3. The smallest absolute Gasteiger partial charge is 0.114 e. The van der Waals surface area contributed by atoms with Crippen LogP contribution in [0.1, 0.15) is 66.2 Å². The molecule has 0 aliphatic carbocycles. The van der Waals surface area contributed by atoms with Crippen LogP contribution in [0.4, 0.5) is 0 Å². The predicted octanol–water partition coefficient (Wildman–Crippen LogP) is 7.45. The van der Waals surface area contributed by atoms with Crippen LogP contribution in [0, 0.1) is 0 Å². The molecule has 0 aliphatic rings. The van der Waals surface area contributed by atoms with E-state index in [1.807, 2.05) is 50.3 Å². The molecule has 0 radical (unpaired) electrons. The standard InChI is InChI=1S/2C12H20O2/c1-3-5-6-7-8-9-10-11-12(4-2)14-13;1-3-5-6-7-8-9-11-12(14-13)10-4-2/h5-6,8-13H,3-4,7H2,1-2H3;4-6,8-10,12-13H,3,7,11H2,1-2H3/b6-5-,9-8-,11-10+;6-5-,9-8-,10-4+. The molecule has 0 amide bonds. The Labute approximate surface area is 172 Å². The Balaban J connectivity index is 0. The molecular weight excluding hydrogens is 352 g/mol. The molecule has 0 saturated heterocycles. The minimum atomic E-state index is -0.216. The fourth-order valence-electron chi connectivity index (χ4n) is 1.97. The molecule has 4 heteroatoms. The van der Waals surface area contributed by atoms with Crippen LogP contribution in [0.2, 0.25) is 0 Å². The fraction of sp³-hybridized carbons (Fsp3) is 0.500. The summed E-state index contributed by atoms with van der Waals surface area (Å²) >= 11 is 0. The van der Waals surface area contributed by atoms with Crippen molar-refractivity contribution < 1.29 is 20.3 Å². The molecule has 0 heterocycles. The molecule has 0 aromatic rings. The van der Waals surface area contributed by atoms with E-state index in [0.717, 1.165) is 32.1 Å². The van der Waals surface area contributed by atoms with Crippen LogP contribution in [0.25, 0.3) is 0 Å². The Hall–Kier alpha value is -1.72. The van der Waals surface area contributed by atoms with Crippen molar-refractivity contribution in [1.29, 1.82) is 0 Å². The molecule has 0 saturated carbocycles. The number of allylic oxidation sites excluding steroid dienone is 9. The summed E-state index contributed by atoms with van der Waals surface area (Å²) < 4.78 is 0. The monoisotopic (exact) mass is 392 g/mol. The molecule has 160 valence electrons. The minimum absolute atomic E-state index is 0.189. The highest BCUT2D eigenvalue weighted by atomic mass is 17.1. The molecule has 2 atom stereocenters. The first-order valence-corrected chi connectivity index (χ1v) is 10.2. The average Bonchev–Trinajstić information content (AvgIpc) is 2.72. The molecule has 0 fully saturated rings. The van der Waals surface area contributed by atoms with Gasteiger partial charge in [0.1, 0.15) is 12.2 Å². The van der Waals surface area contributed by atoms with E-state index in [2.05, 4.69) is 60.1 Å². The Morgan fingerprint density at radius 2 is 1.25 bits per heavy atom. The van der Waals surface area contributed by atoms with E-state index in [1.54, 1.807) is 0 Å². The summed E-state index contributed by atoms with van der Waals surface area (Å²) in [6, 6.07) is 0. The molecule has 2 unspecified atom stereocenters. The summed E-state index contributed by atoms with van der Waals surface area (Å²) in [6.07, 6.45) is 29.2. The lowest BCUT2D eigenvalue weighted by Gasteiger charge is -2.03. The first kappa shape index (κ1) is 28.5. The maximum absolute atomic E-state index is 8.50. The van der Waals surface area contributed by atoms with Gasteiger partial charge in [0.25, 0.3) is 0 Å². The van der Waals surface area contributed by atoms with E-state index in [9.17, 15) is 0 Å². The lowest BCUT2D eigenvalue weighted by Crippen LogP contribution is -2.04. The summed E-state index contributed by atoms with van der Waals surface area (Å²) in [5.74, 6) is 0. The normalized spacial score (nSPS) is 14.8. The van der Waals surface area contributed by atoms with E-state index >= 15 is 0 Å². The highest BCUT2D eigenvalue weighted by Crippen LogP contribution is 2.01. The van der Waals surface area contributed by atoms with Gasteiger partial charge in [-0.2, -0.15) is 0 Å². The van der Waals surface area contributed by atoms with Gasteiger partial charge in [0.2, 0.25) is 0 Å². The lowest BCUT2D eigenvalue weighted by atomic mass is 10.2. The van der Waals surface area contributed by atoms with Gasteiger partial charge in [0, 0.05) is 0 Å². The van der Waals surface area contributed by atoms with Crippen LogP contribution in [0.5, 0.6) is 0 Å². The van der Waals surface area contributed by atoms with Crippen LogP contribution in [-0.2, 0) is 9.78 Å². The van der Waals surface area contributed by atoms with Gasteiger partial charge >= 0.3 is 0 Å². The van der Waals surface area contributed by atoms with Gasteiger partial charge in [-0.3, -0.25) is 10.5 Å². The van der Waals surface area contributed by atoms with E-state index < -0.39 is 0 Å². The molecule has 0 aromatic heterocycles. The Kier molecular flexibility index (Phi) is 25.7. The van der Waals surface area contributed by atoms with Crippen molar-refractivity contribution in [2.45, 2.75) is 78.4 Å². The Morgan fingerprint density at radius 3 is 1.75 bits per heavy atom. The molecule has 0 aliphatic heterocycles. The van der Waals surface area contributed by atoms with Gasteiger partial charge in [-0.15, -0.1) is 0 Å². The van der Waals surface area contributed by atoms with Crippen LogP contribution in [0.3, 0.4) is 0 Å².